The molecule has 2 aliphatic rings. The van der Waals surface area contributed by atoms with Crippen molar-refractivity contribution in [1.29, 1.82) is 0 Å². The van der Waals surface area contributed by atoms with Crippen LogP contribution in [0.15, 0.2) is 37.0 Å². The molecule has 3 amide bonds. The van der Waals surface area contributed by atoms with Gasteiger partial charge in [0.2, 0.25) is 17.7 Å². The van der Waals surface area contributed by atoms with Crippen molar-refractivity contribution in [3.63, 3.8) is 0 Å². The number of allylic oxidation sites excluding steroid dienone is 3. The molecule has 2 fully saturated rings. The number of carboxylic acid groups (broad SMARTS) is 1. The molecule has 2 rings (SSSR count). The number of hydrogen-bond acceptors (Lipinski definition) is 10. The van der Waals surface area contributed by atoms with Crippen molar-refractivity contribution < 1.29 is 38.6 Å². The number of nitrogens with zero attached hydrogens (tertiary/aromatic N) is 4. The van der Waals surface area contributed by atoms with Crippen LogP contribution < -0.4 is 10.6 Å². The third-order valence-corrected chi connectivity index (χ3v) is 11.2. The maximum Gasteiger partial charge on any atom is 0.326 e. The highest BCUT2D eigenvalue weighted by atomic mass is 16.5. The molecule has 3 N–H and O–H groups in total. The molecule has 334 valence electrons. The Morgan fingerprint density at radius 3 is 2.02 bits per heavy atom. The number of rotatable bonds is 22. The van der Waals surface area contributed by atoms with Gasteiger partial charge < -0.3 is 44.7 Å². The van der Waals surface area contributed by atoms with Gasteiger partial charge in [-0.15, -0.1) is 0 Å². The Hall–Kier alpha value is -3.43. The number of likely N-dealkylation sites (N-methyl/N-ethyl adjacent to an activating group) is 3. The first-order valence-corrected chi connectivity index (χ1v) is 21.1. The number of carbonyl (C=O) groups is 5. The number of likely N-dealkylation sites (tertiary alicyclic amines) is 1. The lowest BCUT2D eigenvalue weighted by Gasteiger charge is -2.38. The third-order valence-electron chi connectivity index (χ3n) is 11.2. The van der Waals surface area contributed by atoms with Crippen LogP contribution in [0.5, 0.6) is 0 Å². The van der Waals surface area contributed by atoms with E-state index in [1.54, 1.807) is 44.4 Å². The van der Waals surface area contributed by atoms with Crippen molar-refractivity contribution in [3.8, 4) is 0 Å². The fourth-order valence-electron chi connectivity index (χ4n) is 7.76. The van der Waals surface area contributed by atoms with Crippen molar-refractivity contribution >= 4 is 30.0 Å². The Kier molecular flexibility index (Phi) is 28.0. The quantitative estimate of drug-likeness (QED) is 0.106. The molecule has 0 bridgehead atoms. The molecule has 58 heavy (non-hydrogen) atoms. The van der Waals surface area contributed by atoms with Gasteiger partial charge in [-0.1, -0.05) is 92.7 Å². The van der Waals surface area contributed by atoms with Crippen LogP contribution in [0, 0.1) is 17.8 Å². The minimum Gasteiger partial charge on any atom is -0.480 e. The highest BCUT2D eigenvalue weighted by molar-refractivity contribution is 5.88. The lowest BCUT2D eigenvalue weighted by Crippen LogP contribution is -2.57. The average molecular weight is 821 g/mol. The number of ether oxygens (including phenoxy) is 2. The van der Waals surface area contributed by atoms with E-state index in [1.807, 2.05) is 41.7 Å². The maximum absolute atomic E-state index is 13.0. The molecule has 0 aliphatic carbocycles. The second-order valence-corrected chi connectivity index (χ2v) is 15.8. The summed E-state index contributed by atoms with van der Waals surface area (Å²) >= 11 is 0. The zero-order valence-corrected chi connectivity index (χ0v) is 38.0. The summed E-state index contributed by atoms with van der Waals surface area (Å²) in [6.07, 6.45) is 9.63. The van der Waals surface area contributed by atoms with Gasteiger partial charge in [0.25, 0.3) is 0 Å². The van der Waals surface area contributed by atoms with Crippen LogP contribution in [0.2, 0.25) is 0 Å². The SMILES string of the molecule is C=C/C=C(\C=C)CC(C(=O)O)N(C)C(=O)C(C)C(OC)C1CCCN1C.CCC.CCC(C)C(C(CC=O)OC)N(C)C(=O)CNC(=O)C(C(C)C)N1CCNCC1. The van der Waals surface area contributed by atoms with Crippen LogP contribution in [0.1, 0.15) is 87.0 Å². The van der Waals surface area contributed by atoms with Crippen LogP contribution in [-0.2, 0) is 33.4 Å². The monoisotopic (exact) mass is 821 g/mol. The number of hydrogen-bond donors (Lipinski definition) is 3. The molecule has 14 heteroatoms. The number of methoxy groups -OCH3 is 2. The van der Waals surface area contributed by atoms with Crippen molar-refractivity contribution in [1.82, 2.24) is 30.2 Å². The highest BCUT2D eigenvalue weighted by Crippen LogP contribution is 2.27. The van der Waals surface area contributed by atoms with Crippen LogP contribution in [0.25, 0.3) is 0 Å². The Labute approximate surface area is 350 Å². The van der Waals surface area contributed by atoms with Gasteiger partial charge >= 0.3 is 5.97 Å². The van der Waals surface area contributed by atoms with Gasteiger partial charge in [-0.25, -0.2) is 4.79 Å². The number of aliphatic carboxylic acids is 1. The first-order valence-electron chi connectivity index (χ1n) is 21.1. The Bertz CT molecular complexity index is 1290. The first-order chi connectivity index (χ1) is 27.5. The van der Waals surface area contributed by atoms with E-state index in [9.17, 15) is 29.1 Å². The molecule has 8 unspecified atom stereocenters. The zero-order valence-electron chi connectivity index (χ0n) is 38.0. The van der Waals surface area contributed by atoms with Gasteiger partial charge in [0.15, 0.2) is 0 Å². The predicted octanol–water partition coefficient (Wildman–Crippen LogP) is 4.26. The molecule has 2 heterocycles. The number of nitrogens with one attached hydrogen (secondary N) is 2. The van der Waals surface area contributed by atoms with Crippen molar-refractivity contribution in [2.75, 3.05) is 74.6 Å². The summed E-state index contributed by atoms with van der Waals surface area (Å²) in [5, 5.41) is 15.8. The molecule has 0 radical (unpaired) electrons. The lowest BCUT2D eigenvalue weighted by atomic mass is 9.91. The smallest absolute Gasteiger partial charge is 0.326 e. The van der Waals surface area contributed by atoms with Gasteiger partial charge in [0.05, 0.1) is 36.8 Å². The summed E-state index contributed by atoms with van der Waals surface area (Å²) in [6, 6.07) is -1.27. The standard InChI is InChI=1S/C21H40N4O4.C20H32N2O4.C3H8/c1-7-16(4)20(17(29-6)8-13-26)24(5)18(27)14-23-21(28)19(15(2)3)25-11-9-22-10-12-25;1-7-10-15(8-2)13-17(20(24)25)22(5)19(23)14(3)18(26-6)16-11-9-12-21(16)4;1-3-2/h13,15-17,19-20,22H,7-12,14H2,1-6H3,(H,23,28);7-8,10,14,16-18H,1-2,9,11-13H2,3-6H3,(H,24,25);3H2,1-2H3/b;15-10+;. The van der Waals surface area contributed by atoms with E-state index in [1.165, 1.54) is 18.4 Å². The molecule has 2 saturated heterocycles. The van der Waals surface area contributed by atoms with Crippen LogP contribution in [-0.4, -0.2) is 166 Å². The van der Waals surface area contributed by atoms with Crippen molar-refractivity contribution in [2.45, 2.75) is 123 Å². The second kappa shape index (κ2) is 29.7. The minimum atomic E-state index is -1.04. The largest absolute Gasteiger partial charge is 0.480 e. The van der Waals surface area contributed by atoms with Crippen LogP contribution >= 0.6 is 0 Å². The van der Waals surface area contributed by atoms with Gasteiger partial charge in [-0.05, 0) is 43.8 Å². The minimum absolute atomic E-state index is 0.0604. The summed E-state index contributed by atoms with van der Waals surface area (Å²) in [5.74, 6) is -1.69. The lowest BCUT2D eigenvalue weighted by molar-refractivity contribution is -0.153. The fourth-order valence-corrected chi connectivity index (χ4v) is 7.76. The Morgan fingerprint density at radius 1 is 0.983 bits per heavy atom. The van der Waals surface area contributed by atoms with E-state index in [2.05, 4.69) is 47.4 Å². The number of aldehydes is 1. The normalized spacial score (nSPS) is 19.7. The third kappa shape index (κ3) is 17.4. The molecule has 0 aromatic rings. The highest BCUT2D eigenvalue weighted by Gasteiger charge is 2.39. The molecular weight excluding hydrogens is 741 g/mol. The Balaban J connectivity index is 0.00000105. The zero-order chi connectivity index (χ0) is 44.5. The van der Waals surface area contributed by atoms with Crippen molar-refractivity contribution in [2.24, 2.45) is 17.8 Å². The van der Waals surface area contributed by atoms with E-state index in [0.29, 0.717) is 0 Å². The number of amides is 3. The molecule has 0 spiro atoms. The van der Waals surface area contributed by atoms with E-state index >= 15 is 0 Å². The van der Waals surface area contributed by atoms with E-state index in [4.69, 9.17) is 9.47 Å². The summed E-state index contributed by atoms with van der Waals surface area (Å²) in [5.41, 5.74) is 0.721. The van der Waals surface area contributed by atoms with Gasteiger partial charge in [0.1, 0.15) is 12.3 Å². The fraction of sp³-hybridized carbons (Fsp3) is 0.750. The topological polar surface area (TPSA) is 161 Å². The van der Waals surface area contributed by atoms with Crippen LogP contribution in [0.3, 0.4) is 0 Å². The van der Waals surface area contributed by atoms with Crippen LogP contribution in [0.4, 0.5) is 0 Å². The first kappa shape index (κ1) is 54.6. The molecule has 0 aromatic heterocycles. The summed E-state index contributed by atoms with van der Waals surface area (Å²) in [4.78, 5) is 68.8. The Morgan fingerprint density at radius 2 is 1.59 bits per heavy atom. The molecule has 14 nitrogen and oxygen atoms in total. The average Bonchev–Trinajstić information content (AvgIpc) is 3.63. The summed E-state index contributed by atoms with van der Waals surface area (Å²) in [6.45, 7) is 25.8. The molecule has 0 aromatic carbocycles. The van der Waals surface area contributed by atoms with Crippen molar-refractivity contribution in [3.05, 3.63) is 37.0 Å². The molecular formula is C44H80N6O8. The molecule has 0 saturated carbocycles. The van der Waals surface area contributed by atoms with Gasteiger partial charge in [-0.2, -0.15) is 0 Å². The summed E-state index contributed by atoms with van der Waals surface area (Å²) in [7, 11) is 8.46. The van der Waals surface area contributed by atoms with E-state index < -0.39 is 17.9 Å². The number of piperazine rings is 1. The number of carboxylic acids is 1. The van der Waals surface area contributed by atoms with E-state index in [-0.39, 0.29) is 79.3 Å². The van der Waals surface area contributed by atoms with Gasteiger partial charge in [0, 0.05) is 73.4 Å². The maximum atomic E-state index is 13.0. The van der Waals surface area contributed by atoms with Gasteiger partial charge in [-0.3, -0.25) is 19.3 Å². The van der Waals surface area contributed by atoms with E-state index in [0.717, 1.165) is 63.8 Å². The molecule has 2 aliphatic heterocycles. The predicted molar refractivity (Wildman–Crippen MR) is 232 cm³/mol. The molecule has 8 atom stereocenters. The number of carbonyl (C=O) groups excluding carboxylic acids is 4. The summed E-state index contributed by atoms with van der Waals surface area (Å²) < 4.78 is 11.1. The second-order valence-electron chi connectivity index (χ2n) is 15.8.